The molecule has 1 aromatic carbocycles. The molecule has 7 heteroatoms. The van der Waals surface area contributed by atoms with Gasteiger partial charge in [0.05, 0.1) is 11.4 Å². The van der Waals surface area contributed by atoms with Gasteiger partial charge in [0.25, 0.3) is 0 Å². The molecule has 1 amide bonds. The number of nitrogens with zero attached hydrogens (tertiary/aromatic N) is 1. The van der Waals surface area contributed by atoms with E-state index in [1.54, 1.807) is 26.0 Å². The van der Waals surface area contributed by atoms with Crippen LogP contribution >= 0.6 is 0 Å². The number of sulfonamides is 1. The van der Waals surface area contributed by atoms with Gasteiger partial charge in [-0.15, -0.1) is 0 Å². The molecule has 0 radical (unpaired) electrons. The molecule has 0 saturated carbocycles. The third-order valence-electron chi connectivity index (χ3n) is 2.83. The van der Waals surface area contributed by atoms with Gasteiger partial charge in [-0.25, -0.2) is 8.42 Å². The molecular formula is C13H21N3O3S. The van der Waals surface area contributed by atoms with Crippen molar-refractivity contribution in [1.29, 1.82) is 0 Å². The topological polar surface area (TPSA) is 92.5 Å². The van der Waals surface area contributed by atoms with E-state index in [-0.39, 0.29) is 23.4 Å². The first kappa shape index (κ1) is 16.6. The Morgan fingerprint density at radius 1 is 1.45 bits per heavy atom. The third-order valence-corrected chi connectivity index (χ3v) is 4.63. The van der Waals surface area contributed by atoms with Crippen molar-refractivity contribution in [3.05, 3.63) is 29.8 Å². The molecule has 6 nitrogen and oxygen atoms in total. The van der Waals surface area contributed by atoms with Gasteiger partial charge < -0.3 is 11.1 Å². The summed E-state index contributed by atoms with van der Waals surface area (Å²) >= 11 is 0. The fourth-order valence-corrected chi connectivity index (χ4v) is 2.86. The number of hydrogen-bond donors (Lipinski definition) is 2. The van der Waals surface area contributed by atoms with Crippen LogP contribution in [0, 0.1) is 0 Å². The quantitative estimate of drug-likeness (QED) is 0.798. The number of benzene rings is 1. The summed E-state index contributed by atoms with van der Waals surface area (Å²) in [7, 11) is -2.31. The lowest BCUT2D eigenvalue weighted by atomic mass is 10.1. The molecule has 0 spiro atoms. The minimum atomic E-state index is -3.69. The predicted molar refractivity (Wildman–Crippen MR) is 77.5 cm³/mol. The van der Waals surface area contributed by atoms with Crippen LogP contribution in [0.5, 0.6) is 0 Å². The first-order valence-corrected chi connectivity index (χ1v) is 7.81. The minimum absolute atomic E-state index is 0.138. The Kier molecular flexibility index (Phi) is 5.67. The zero-order chi connectivity index (χ0) is 15.3. The minimum Gasteiger partial charge on any atom is -0.355 e. The van der Waals surface area contributed by atoms with Crippen LogP contribution in [0.25, 0.3) is 0 Å². The number of hydrogen-bond acceptors (Lipinski definition) is 4. The number of nitrogens with two attached hydrogens (primary N) is 1. The summed E-state index contributed by atoms with van der Waals surface area (Å²) < 4.78 is 25.7. The standard InChI is InChI=1S/C13H21N3O3S/c1-4-15-13(17)9-16(3)20(18,19)12-7-5-6-11(8-12)10(2)14/h5-8,10H,4,9,14H2,1-3H3,(H,15,17). The van der Waals surface area contributed by atoms with Crippen LogP contribution in [0.4, 0.5) is 0 Å². The molecule has 0 aromatic heterocycles. The van der Waals surface area contributed by atoms with E-state index in [0.717, 1.165) is 9.87 Å². The molecule has 0 heterocycles. The van der Waals surface area contributed by atoms with Gasteiger partial charge in [-0.05, 0) is 31.5 Å². The van der Waals surface area contributed by atoms with E-state index in [0.29, 0.717) is 6.54 Å². The molecule has 112 valence electrons. The molecule has 0 fully saturated rings. The van der Waals surface area contributed by atoms with Crippen LogP contribution in [0.3, 0.4) is 0 Å². The van der Waals surface area contributed by atoms with E-state index in [2.05, 4.69) is 5.32 Å². The van der Waals surface area contributed by atoms with E-state index < -0.39 is 10.0 Å². The smallest absolute Gasteiger partial charge is 0.243 e. The summed E-state index contributed by atoms with van der Waals surface area (Å²) in [6, 6.07) is 6.20. The zero-order valence-corrected chi connectivity index (χ0v) is 12.8. The number of nitrogens with one attached hydrogen (secondary N) is 1. The third kappa shape index (κ3) is 4.03. The average molecular weight is 299 g/mol. The summed E-state index contributed by atoms with van der Waals surface area (Å²) in [5, 5.41) is 2.56. The van der Waals surface area contributed by atoms with Crippen molar-refractivity contribution >= 4 is 15.9 Å². The molecule has 1 atom stereocenters. The Morgan fingerprint density at radius 3 is 2.65 bits per heavy atom. The SMILES string of the molecule is CCNC(=O)CN(C)S(=O)(=O)c1cccc(C(C)N)c1. The molecule has 0 bridgehead atoms. The molecular weight excluding hydrogens is 278 g/mol. The molecule has 0 aliphatic rings. The highest BCUT2D eigenvalue weighted by Gasteiger charge is 2.23. The molecule has 3 N–H and O–H groups in total. The highest BCUT2D eigenvalue weighted by Crippen LogP contribution is 2.18. The highest BCUT2D eigenvalue weighted by molar-refractivity contribution is 7.89. The van der Waals surface area contributed by atoms with Gasteiger partial charge >= 0.3 is 0 Å². The van der Waals surface area contributed by atoms with Crippen molar-refractivity contribution in [2.45, 2.75) is 24.8 Å². The summed E-state index contributed by atoms with van der Waals surface area (Å²) in [6.07, 6.45) is 0. The fraction of sp³-hybridized carbons (Fsp3) is 0.462. The maximum Gasteiger partial charge on any atom is 0.243 e. The van der Waals surface area contributed by atoms with Crippen LogP contribution in [-0.2, 0) is 14.8 Å². The average Bonchev–Trinajstić information content (AvgIpc) is 2.38. The van der Waals surface area contributed by atoms with Gasteiger partial charge in [-0.1, -0.05) is 12.1 Å². The van der Waals surface area contributed by atoms with Gasteiger partial charge in [-0.2, -0.15) is 4.31 Å². The second-order valence-corrected chi connectivity index (χ2v) is 6.62. The fourth-order valence-electron chi connectivity index (χ4n) is 1.68. The number of rotatable bonds is 6. The molecule has 0 saturated heterocycles. The van der Waals surface area contributed by atoms with E-state index in [1.165, 1.54) is 19.2 Å². The number of carbonyl (C=O) groups is 1. The van der Waals surface area contributed by atoms with Crippen LogP contribution in [0.2, 0.25) is 0 Å². The highest BCUT2D eigenvalue weighted by atomic mass is 32.2. The lowest BCUT2D eigenvalue weighted by molar-refractivity contribution is -0.121. The lowest BCUT2D eigenvalue weighted by Crippen LogP contribution is -2.38. The zero-order valence-electron chi connectivity index (χ0n) is 12.0. The van der Waals surface area contributed by atoms with Crippen molar-refractivity contribution in [2.75, 3.05) is 20.1 Å². The van der Waals surface area contributed by atoms with Crippen LogP contribution in [0.1, 0.15) is 25.5 Å². The molecule has 1 unspecified atom stereocenters. The Labute approximate surface area is 120 Å². The molecule has 1 rings (SSSR count). The van der Waals surface area contributed by atoms with Crippen molar-refractivity contribution in [1.82, 2.24) is 9.62 Å². The van der Waals surface area contributed by atoms with Gasteiger partial charge in [-0.3, -0.25) is 4.79 Å². The molecule has 1 aromatic rings. The molecule has 0 aliphatic heterocycles. The lowest BCUT2D eigenvalue weighted by Gasteiger charge is -2.17. The largest absolute Gasteiger partial charge is 0.355 e. The number of carbonyl (C=O) groups excluding carboxylic acids is 1. The Balaban J connectivity index is 2.98. The predicted octanol–water partition coefficient (Wildman–Crippen LogP) is 0.463. The van der Waals surface area contributed by atoms with E-state index in [9.17, 15) is 13.2 Å². The van der Waals surface area contributed by atoms with Crippen molar-refractivity contribution in [2.24, 2.45) is 5.73 Å². The van der Waals surface area contributed by atoms with Crippen molar-refractivity contribution in [3.63, 3.8) is 0 Å². The molecule has 20 heavy (non-hydrogen) atoms. The van der Waals surface area contributed by atoms with E-state index in [4.69, 9.17) is 5.73 Å². The maximum atomic E-state index is 12.4. The van der Waals surface area contributed by atoms with Gasteiger partial charge in [0.15, 0.2) is 0 Å². The van der Waals surface area contributed by atoms with Gasteiger partial charge in [0, 0.05) is 19.6 Å². The van der Waals surface area contributed by atoms with Gasteiger partial charge in [0.1, 0.15) is 0 Å². The van der Waals surface area contributed by atoms with Gasteiger partial charge in [0.2, 0.25) is 15.9 Å². The second kappa shape index (κ2) is 6.83. The summed E-state index contributed by atoms with van der Waals surface area (Å²) in [6.45, 7) is 3.81. The van der Waals surface area contributed by atoms with Crippen LogP contribution < -0.4 is 11.1 Å². The second-order valence-electron chi connectivity index (χ2n) is 4.58. The Morgan fingerprint density at radius 2 is 2.10 bits per heavy atom. The first-order chi connectivity index (χ1) is 9.28. The van der Waals surface area contributed by atoms with Crippen molar-refractivity contribution in [3.8, 4) is 0 Å². The summed E-state index contributed by atoms with van der Waals surface area (Å²) in [5.74, 6) is -0.332. The van der Waals surface area contributed by atoms with Crippen LogP contribution in [-0.4, -0.2) is 38.8 Å². The monoisotopic (exact) mass is 299 g/mol. The number of amides is 1. The first-order valence-electron chi connectivity index (χ1n) is 6.37. The van der Waals surface area contributed by atoms with E-state index in [1.807, 2.05) is 0 Å². The van der Waals surface area contributed by atoms with Crippen LogP contribution in [0.15, 0.2) is 29.2 Å². The Hall–Kier alpha value is -1.44. The summed E-state index contributed by atoms with van der Waals surface area (Å²) in [5.41, 5.74) is 6.48. The van der Waals surface area contributed by atoms with E-state index >= 15 is 0 Å². The number of likely N-dealkylation sites (N-methyl/N-ethyl adjacent to an activating group) is 2. The normalized spacial score (nSPS) is 13.2. The molecule has 0 aliphatic carbocycles. The van der Waals surface area contributed by atoms with Crippen molar-refractivity contribution < 1.29 is 13.2 Å². The maximum absolute atomic E-state index is 12.4. The Bertz CT molecular complexity index is 570. The summed E-state index contributed by atoms with van der Waals surface area (Å²) in [4.78, 5) is 11.6.